The summed E-state index contributed by atoms with van der Waals surface area (Å²) < 4.78 is 0. The predicted molar refractivity (Wildman–Crippen MR) is 115 cm³/mol. The van der Waals surface area contributed by atoms with Gasteiger partial charge in [-0.15, -0.1) is 24.0 Å². The van der Waals surface area contributed by atoms with E-state index in [4.69, 9.17) is 0 Å². The van der Waals surface area contributed by atoms with Gasteiger partial charge in [0, 0.05) is 64.1 Å². The van der Waals surface area contributed by atoms with Crippen LogP contribution in [-0.2, 0) is 4.79 Å². The second-order valence-corrected chi connectivity index (χ2v) is 7.00. The largest absolute Gasteiger partial charge is 0.354 e. The molecule has 2 rings (SSSR count). The van der Waals surface area contributed by atoms with Crippen molar-refractivity contribution in [3.63, 3.8) is 0 Å². The Morgan fingerprint density at radius 3 is 2.23 bits per heavy atom. The highest BCUT2D eigenvalue weighted by molar-refractivity contribution is 14.0. The van der Waals surface area contributed by atoms with Crippen LogP contribution < -0.4 is 15.5 Å². The molecule has 1 fully saturated rings. The van der Waals surface area contributed by atoms with Gasteiger partial charge in [0.15, 0.2) is 5.96 Å². The zero-order valence-electron chi connectivity index (χ0n) is 16.0. The van der Waals surface area contributed by atoms with E-state index in [2.05, 4.69) is 35.4 Å². The molecule has 1 saturated heterocycles. The summed E-state index contributed by atoms with van der Waals surface area (Å²) in [6.07, 6.45) is 3.53. The van der Waals surface area contributed by atoms with Crippen LogP contribution in [0, 0.1) is 5.41 Å². The van der Waals surface area contributed by atoms with Crippen LogP contribution >= 0.6 is 24.0 Å². The Kier molecular flexibility index (Phi) is 9.03. The molecule has 0 aromatic carbocycles. The number of halogens is 1. The maximum Gasteiger partial charge on any atom is 0.225 e. The molecular weight excluding hydrogens is 445 g/mol. The van der Waals surface area contributed by atoms with Crippen LogP contribution in [0.4, 0.5) is 5.95 Å². The van der Waals surface area contributed by atoms with Crippen molar-refractivity contribution in [1.82, 2.24) is 25.5 Å². The van der Waals surface area contributed by atoms with Gasteiger partial charge in [0.1, 0.15) is 0 Å². The number of rotatable bonds is 4. The van der Waals surface area contributed by atoms with Crippen molar-refractivity contribution in [2.24, 2.45) is 10.4 Å². The van der Waals surface area contributed by atoms with Gasteiger partial charge < -0.3 is 20.4 Å². The van der Waals surface area contributed by atoms with Crippen LogP contribution in [-0.4, -0.2) is 73.1 Å². The highest BCUT2D eigenvalue weighted by Crippen LogP contribution is 2.12. The average Bonchev–Trinajstić information content (AvgIpc) is 2.62. The number of carbonyl (C=O) groups is 1. The lowest BCUT2D eigenvalue weighted by Gasteiger charge is -2.36. The van der Waals surface area contributed by atoms with Gasteiger partial charge in [0.25, 0.3) is 0 Å². The van der Waals surface area contributed by atoms with Crippen LogP contribution in [0.5, 0.6) is 0 Å². The van der Waals surface area contributed by atoms with E-state index >= 15 is 0 Å². The molecule has 0 atom stereocenters. The smallest absolute Gasteiger partial charge is 0.225 e. The van der Waals surface area contributed by atoms with Gasteiger partial charge in [-0.25, -0.2) is 9.97 Å². The van der Waals surface area contributed by atoms with Crippen LogP contribution in [0.3, 0.4) is 0 Å². The average molecular weight is 475 g/mol. The highest BCUT2D eigenvalue weighted by atomic mass is 127. The molecule has 2 N–H and O–H groups in total. The minimum absolute atomic E-state index is 0. The summed E-state index contributed by atoms with van der Waals surface area (Å²) in [7, 11) is 1.78. The third-order valence-electron chi connectivity index (χ3n) is 4.00. The summed E-state index contributed by atoms with van der Waals surface area (Å²) in [6.45, 7) is 10.4. The predicted octanol–water partition coefficient (Wildman–Crippen LogP) is 0.954. The molecule has 0 unspecified atom stereocenters. The van der Waals surface area contributed by atoms with Crippen molar-refractivity contribution in [1.29, 1.82) is 0 Å². The Labute approximate surface area is 172 Å². The zero-order chi connectivity index (χ0) is 18.3. The number of hydrogen-bond acceptors (Lipinski definition) is 5. The van der Waals surface area contributed by atoms with Crippen molar-refractivity contribution in [3.05, 3.63) is 18.5 Å². The molecule has 0 spiro atoms. The molecule has 0 radical (unpaired) electrons. The Morgan fingerprint density at radius 2 is 1.69 bits per heavy atom. The summed E-state index contributed by atoms with van der Waals surface area (Å²) in [5.74, 6) is 1.69. The van der Waals surface area contributed by atoms with Crippen molar-refractivity contribution in [2.75, 3.05) is 51.2 Å². The second kappa shape index (κ2) is 10.5. The molecule has 1 aromatic rings. The number of aromatic nitrogens is 2. The van der Waals surface area contributed by atoms with E-state index in [1.165, 1.54) is 0 Å². The standard InChI is InChI=1S/C17H29N7O.HI/c1-17(2,3)14(25)19-8-9-22-15(18-4)23-10-12-24(13-11-23)16-20-6-5-7-21-16;/h5-7H,8-13H2,1-4H3,(H,18,22)(H,19,25);1H. The summed E-state index contributed by atoms with van der Waals surface area (Å²) in [4.78, 5) is 29.2. The Balaban J connectivity index is 0.00000338. The molecule has 2 heterocycles. The fraction of sp³-hybridized carbons (Fsp3) is 0.647. The molecule has 0 saturated carbocycles. The zero-order valence-corrected chi connectivity index (χ0v) is 18.4. The summed E-state index contributed by atoms with van der Waals surface area (Å²) in [5.41, 5.74) is -0.364. The first-order valence-electron chi connectivity index (χ1n) is 8.67. The number of carbonyl (C=O) groups excluding carboxylic acids is 1. The van der Waals surface area contributed by atoms with Crippen LogP contribution in [0.15, 0.2) is 23.5 Å². The number of nitrogens with zero attached hydrogens (tertiary/aromatic N) is 5. The molecule has 0 aliphatic carbocycles. The van der Waals surface area contributed by atoms with Crippen molar-refractivity contribution >= 4 is 41.8 Å². The highest BCUT2D eigenvalue weighted by Gasteiger charge is 2.22. The lowest BCUT2D eigenvalue weighted by molar-refractivity contribution is -0.128. The molecule has 1 aliphatic rings. The third-order valence-corrected chi connectivity index (χ3v) is 4.00. The number of anilines is 1. The molecule has 9 heteroatoms. The molecule has 1 aromatic heterocycles. The van der Waals surface area contributed by atoms with Crippen LogP contribution in [0.2, 0.25) is 0 Å². The number of guanidine groups is 1. The minimum Gasteiger partial charge on any atom is -0.354 e. The van der Waals surface area contributed by atoms with Gasteiger partial charge in [-0.1, -0.05) is 20.8 Å². The first-order chi connectivity index (χ1) is 11.9. The maximum absolute atomic E-state index is 11.9. The minimum atomic E-state index is -0.364. The maximum atomic E-state index is 11.9. The van der Waals surface area contributed by atoms with Crippen molar-refractivity contribution in [2.45, 2.75) is 20.8 Å². The van der Waals surface area contributed by atoms with Gasteiger partial charge in [0.05, 0.1) is 0 Å². The molecule has 8 nitrogen and oxygen atoms in total. The van der Waals surface area contributed by atoms with E-state index in [-0.39, 0.29) is 35.3 Å². The fourth-order valence-corrected chi connectivity index (χ4v) is 2.52. The monoisotopic (exact) mass is 475 g/mol. The number of nitrogens with one attached hydrogen (secondary N) is 2. The van der Waals surface area contributed by atoms with Gasteiger partial charge >= 0.3 is 0 Å². The van der Waals surface area contributed by atoms with E-state index in [0.29, 0.717) is 13.1 Å². The molecule has 146 valence electrons. The Bertz CT molecular complexity index is 581. The van der Waals surface area contributed by atoms with Gasteiger partial charge in [-0.3, -0.25) is 9.79 Å². The van der Waals surface area contributed by atoms with Crippen molar-refractivity contribution < 1.29 is 4.79 Å². The lowest BCUT2D eigenvalue weighted by atomic mass is 9.96. The first kappa shape index (κ1) is 22.4. The normalized spacial score (nSPS) is 15.3. The number of amides is 1. The third kappa shape index (κ3) is 6.58. The molecular formula is C17H30IN7O. The van der Waals surface area contributed by atoms with Crippen molar-refractivity contribution in [3.8, 4) is 0 Å². The number of piperazine rings is 1. The van der Waals surface area contributed by atoms with E-state index in [9.17, 15) is 4.79 Å². The van der Waals surface area contributed by atoms with Crippen LogP contribution in [0.1, 0.15) is 20.8 Å². The Hall–Kier alpha value is -1.65. The quantitative estimate of drug-likeness (QED) is 0.292. The fourth-order valence-electron chi connectivity index (χ4n) is 2.52. The molecule has 0 bridgehead atoms. The number of hydrogen-bond donors (Lipinski definition) is 2. The van der Waals surface area contributed by atoms with E-state index < -0.39 is 0 Å². The van der Waals surface area contributed by atoms with Crippen LogP contribution in [0.25, 0.3) is 0 Å². The Morgan fingerprint density at radius 1 is 1.12 bits per heavy atom. The van der Waals surface area contributed by atoms with Gasteiger partial charge in [-0.2, -0.15) is 0 Å². The summed E-state index contributed by atoms with van der Waals surface area (Å²) >= 11 is 0. The molecule has 1 aliphatic heterocycles. The topological polar surface area (TPSA) is 85.8 Å². The van der Waals surface area contributed by atoms with E-state index in [1.807, 2.05) is 26.8 Å². The molecule has 26 heavy (non-hydrogen) atoms. The summed E-state index contributed by atoms with van der Waals surface area (Å²) in [6, 6.07) is 1.82. The molecule has 1 amide bonds. The summed E-state index contributed by atoms with van der Waals surface area (Å²) in [5, 5.41) is 6.25. The van der Waals surface area contributed by atoms with E-state index in [0.717, 1.165) is 38.1 Å². The lowest BCUT2D eigenvalue weighted by Crippen LogP contribution is -2.53. The van der Waals surface area contributed by atoms with Gasteiger partial charge in [-0.05, 0) is 6.07 Å². The van der Waals surface area contributed by atoms with Gasteiger partial charge in [0.2, 0.25) is 11.9 Å². The second-order valence-electron chi connectivity index (χ2n) is 7.00. The van der Waals surface area contributed by atoms with E-state index in [1.54, 1.807) is 19.4 Å². The SMILES string of the molecule is CN=C(NCCNC(=O)C(C)(C)C)N1CCN(c2ncccn2)CC1.I. The first-order valence-corrected chi connectivity index (χ1v) is 8.67. The number of aliphatic imine (C=N–C) groups is 1.